The van der Waals surface area contributed by atoms with Crippen molar-refractivity contribution < 1.29 is 9.21 Å². The van der Waals surface area contributed by atoms with Crippen molar-refractivity contribution in [3.63, 3.8) is 0 Å². The molecule has 2 aromatic carbocycles. The highest BCUT2D eigenvalue weighted by Gasteiger charge is 2.17. The van der Waals surface area contributed by atoms with E-state index in [1.807, 2.05) is 41.9 Å². The van der Waals surface area contributed by atoms with Gasteiger partial charge in [0.25, 0.3) is 5.91 Å². The van der Waals surface area contributed by atoms with Gasteiger partial charge in [-0.3, -0.25) is 9.48 Å². The van der Waals surface area contributed by atoms with Crippen LogP contribution < -0.4 is 5.32 Å². The van der Waals surface area contributed by atoms with Crippen molar-refractivity contribution in [2.45, 2.75) is 26.8 Å². The molecule has 0 aliphatic heterocycles. The van der Waals surface area contributed by atoms with E-state index < -0.39 is 0 Å². The minimum atomic E-state index is -0.179. The maximum absolute atomic E-state index is 12.8. The summed E-state index contributed by atoms with van der Waals surface area (Å²) in [5.74, 6) is 0.422. The summed E-state index contributed by atoms with van der Waals surface area (Å²) in [6.07, 6.45) is 2.35. The lowest BCUT2D eigenvalue weighted by Crippen LogP contribution is -2.15. The first-order valence-corrected chi connectivity index (χ1v) is 8.91. The Morgan fingerprint density at radius 1 is 1.19 bits per heavy atom. The van der Waals surface area contributed by atoms with Crippen LogP contribution in [-0.4, -0.2) is 20.7 Å². The highest BCUT2D eigenvalue weighted by Crippen LogP contribution is 2.21. The number of carbonyl (C=O) groups excluding carboxylic acids is 1. The quantitative estimate of drug-likeness (QED) is 0.579. The number of hydrogen-bond acceptors (Lipinski definition) is 4. The van der Waals surface area contributed by atoms with E-state index in [-0.39, 0.29) is 5.91 Å². The van der Waals surface area contributed by atoms with Gasteiger partial charge >= 0.3 is 0 Å². The summed E-state index contributed by atoms with van der Waals surface area (Å²) in [4.78, 5) is 17.1. The predicted molar refractivity (Wildman–Crippen MR) is 104 cm³/mol. The molecule has 0 atom stereocenters. The van der Waals surface area contributed by atoms with E-state index in [1.54, 1.807) is 19.2 Å². The van der Waals surface area contributed by atoms with E-state index in [1.165, 1.54) is 0 Å². The Balaban J connectivity index is 1.57. The van der Waals surface area contributed by atoms with Crippen molar-refractivity contribution in [2.75, 3.05) is 5.32 Å². The van der Waals surface area contributed by atoms with Crippen LogP contribution in [0.1, 0.15) is 34.4 Å². The molecule has 4 rings (SSSR count). The Morgan fingerprint density at radius 2 is 2.00 bits per heavy atom. The number of aromatic nitrogens is 3. The van der Waals surface area contributed by atoms with E-state index in [2.05, 4.69) is 27.5 Å². The number of rotatable bonds is 5. The van der Waals surface area contributed by atoms with Gasteiger partial charge in [0, 0.05) is 18.7 Å². The molecular weight excluding hydrogens is 340 g/mol. The normalized spacial score (nSPS) is 11.0. The number of aryl methyl sites for hydroxylation is 1. The average Bonchev–Trinajstić information content (AvgIpc) is 3.24. The van der Waals surface area contributed by atoms with Gasteiger partial charge in [0.15, 0.2) is 11.5 Å². The van der Waals surface area contributed by atoms with Crippen LogP contribution in [0.15, 0.2) is 59.1 Å². The molecule has 0 saturated heterocycles. The number of nitrogens with zero attached hydrogens (tertiary/aromatic N) is 3. The first-order chi connectivity index (χ1) is 13.1. The zero-order chi connectivity index (χ0) is 18.8. The fraction of sp³-hybridized carbons (Fsp3) is 0.190. The van der Waals surface area contributed by atoms with Crippen LogP contribution in [0.5, 0.6) is 0 Å². The topological polar surface area (TPSA) is 73.0 Å². The summed E-state index contributed by atoms with van der Waals surface area (Å²) in [6, 6.07) is 15.5. The van der Waals surface area contributed by atoms with Gasteiger partial charge < -0.3 is 9.73 Å². The summed E-state index contributed by atoms with van der Waals surface area (Å²) in [5, 5.41) is 7.36. The second-order valence-electron chi connectivity index (χ2n) is 6.37. The van der Waals surface area contributed by atoms with Crippen LogP contribution in [0.4, 0.5) is 5.69 Å². The summed E-state index contributed by atoms with van der Waals surface area (Å²) in [5.41, 5.74) is 4.74. The Labute approximate surface area is 156 Å². The first kappa shape index (κ1) is 17.0. The Kier molecular flexibility index (Phi) is 4.46. The predicted octanol–water partition coefficient (Wildman–Crippen LogP) is 4.20. The third-order valence-electron chi connectivity index (χ3n) is 4.46. The van der Waals surface area contributed by atoms with Crippen molar-refractivity contribution in [1.82, 2.24) is 14.8 Å². The minimum Gasteiger partial charge on any atom is -0.441 e. The molecular formula is C21H20N4O2. The van der Waals surface area contributed by atoms with Crippen molar-refractivity contribution in [2.24, 2.45) is 0 Å². The molecule has 0 aliphatic rings. The van der Waals surface area contributed by atoms with Crippen molar-refractivity contribution >= 4 is 22.7 Å². The highest BCUT2D eigenvalue weighted by molar-refractivity contribution is 6.05. The fourth-order valence-electron chi connectivity index (χ4n) is 3.18. The van der Waals surface area contributed by atoms with Crippen LogP contribution in [0.3, 0.4) is 0 Å². The highest BCUT2D eigenvalue weighted by atomic mass is 16.3. The number of hydrogen-bond donors (Lipinski definition) is 1. The van der Waals surface area contributed by atoms with Crippen molar-refractivity contribution in [3.8, 4) is 0 Å². The fourth-order valence-corrected chi connectivity index (χ4v) is 3.18. The van der Waals surface area contributed by atoms with E-state index in [0.717, 1.165) is 23.2 Å². The van der Waals surface area contributed by atoms with Gasteiger partial charge in [-0.05, 0) is 24.1 Å². The number of oxazole rings is 1. The monoisotopic (exact) mass is 360 g/mol. The minimum absolute atomic E-state index is 0.179. The molecule has 6 heteroatoms. The molecule has 0 bridgehead atoms. The maximum Gasteiger partial charge on any atom is 0.259 e. The molecule has 136 valence electrons. The molecule has 2 heterocycles. The third-order valence-corrected chi connectivity index (χ3v) is 4.46. The number of fused-ring (bicyclic) bond motifs is 1. The molecule has 4 aromatic rings. The second-order valence-corrected chi connectivity index (χ2v) is 6.37. The molecule has 0 spiro atoms. The molecule has 0 aliphatic carbocycles. The SMILES string of the molecule is CCc1c(C(=O)Nc2ccc3nc(C)oc3c2)cnn1Cc1ccccc1. The zero-order valence-corrected chi connectivity index (χ0v) is 15.3. The maximum atomic E-state index is 12.8. The van der Waals surface area contributed by atoms with E-state index >= 15 is 0 Å². The Morgan fingerprint density at radius 3 is 2.78 bits per heavy atom. The number of nitrogens with one attached hydrogen (secondary N) is 1. The number of carbonyl (C=O) groups is 1. The van der Waals surface area contributed by atoms with Crippen LogP contribution in [0.25, 0.3) is 11.1 Å². The van der Waals surface area contributed by atoms with Gasteiger partial charge in [0.05, 0.1) is 24.0 Å². The molecule has 0 radical (unpaired) electrons. The van der Waals surface area contributed by atoms with Gasteiger partial charge in [0.2, 0.25) is 0 Å². The standard InChI is InChI=1S/C21H20N4O2/c1-3-19-17(12-22-25(19)13-15-7-5-4-6-8-15)21(26)24-16-9-10-18-20(11-16)27-14(2)23-18/h4-12H,3,13H2,1-2H3,(H,24,26). The van der Waals surface area contributed by atoms with Gasteiger partial charge in [-0.2, -0.15) is 5.10 Å². The molecule has 6 nitrogen and oxygen atoms in total. The van der Waals surface area contributed by atoms with Gasteiger partial charge in [-0.1, -0.05) is 37.3 Å². The lowest BCUT2D eigenvalue weighted by Gasteiger charge is -2.09. The van der Waals surface area contributed by atoms with Crippen LogP contribution in [0.2, 0.25) is 0 Å². The summed E-state index contributed by atoms with van der Waals surface area (Å²) in [7, 11) is 0. The lowest BCUT2D eigenvalue weighted by atomic mass is 10.1. The zero-order valence-electron chi connectivity index (χ0n) is 15.3. The molecule has 0 unspecified atom stereocenters. The van der Waals surface area contributed by atoms with E-state index in [0.29, 0.717) is 29.3 Å². The van der Waals surface area contributed by atoms with Crippen LogP contribution in [-0.2, 0) is 13.0 Å². The molecule has 1 amide bonds. The number of anilines is 1. The average molecular weight is 360 g/mol. The third kappa shape index (κ3) is 3.46. The second kappa shape index (κ2) is 7.07. The van der Waals surface area contributed by atoms with Crippen LogP contribution >= 0.6 is 0 Å². The lowest BCUT2D eigenvalue weighted by molar-refractivity contribution is 0.102. The summed E-state index contributed by atoms with van der Waals surface area (Å²) in [6.45, 7) is 4.46. The van der Waals surface area contributed by atoms with Gasteiger partial charge in [-0.15, -0.1) is 0 Å². The van der Waals surface area contributed by atoms with Gasteiger partial charge in [-0.25, -0.2) is 4.98 Å². The summed E-state index contributed by atoms with van der Waals surface area (Å²) < 4.78 is 7.41. The molecule has 0 saturated carbocycles. The molecule has 1 N–H and O–H groups in total. The van der Waals surface area contributed by atoms with Crippen molar-refractivity contribution in [3.05, 3.63) is 77.4 Å². The van der Waals surface area contributed by atoms with E-state index in [9.17, 15) is 4.79 Å². The smallest absolute Gasteiger partial charge is 0.259 e. The summed E-state index contributed by atoms with van der Waals surface area (Å²) >= 11 is 0. The number of benzene rings is 2. The van der Waals surface area contributed by atoms with Crippen molar-refractivity contribution in [1.29, 1.82) is 0 Å². The molecule has 27 heavy (non-hydrogen) atoms. The Hall–Kier alpha value is -3.41. The molecule has 2 aromatic heterocycles. The Bertz CT molecular complexity index is 1100. The first-order valence-electron chi connectivity index (χ1n) is 8.91. The number of amides is 1. The molecule has 0 fully saturated rings. The van der Waals surface area contributed by atoms with Crippen LogP contribution in [0, 0.1) is 6.92 Å². The van der Waals surface area contributed by atoms with Gasteiger partial charge in [0.1, 0.15) is 5.52 Å². The van der Waals surface area contributed by atoms with E-state index in [4.69, 9.17) is 4.42 Å². The largest absolute Gasteiger partial charge is 0.441 e.